The van der Waals surface area contributed by atoms with Gasteiger partial charge in [-0.2, -0.15) is 4.31 Å². The normalized spacial score (nSPS) is 14.0. The number of nitrogens with one attached hydrogen (secondary N) is 1. The Kier molecular flexibility index (Phi) is 7.14. The zero-order chi connectivity index (χ0) is 22.7. The van der Waals surface area contributed by atoms with Crippen LogP contribution in [0.4, 0.5) is 5.69 Å². The van der Waals surface area contributed by atoms with Gasteiger partial charge in [0.1, 0.15) is 16.2 Å². The molecule has 0 spiro atoms. The monoisotopic (exact) mass is 490 g/mol. The molecule has 1 amide bonds. The number of benzene rings is 1. The minimum Gasteiger partial charge on any atom is -0.325 e. The van der Waals surface area contributed by atoms with Gasteiger partial charge in [0.2, 0.25) is 15.9 Å². The van der Waals surface area contributed by atoms with Crippen LogP contribution in [0.3, 0.4) is 0 Å². The van der Waals surface area contributed by atoms with Gasteiger partial charge < -0.3 is 5.32 Å². The topological polar surface area (TPSA) is 92.3 Å². The van der Waals surface area contributed by atoms with Crippen LogP contribution in [0, 0.1) is 0 Å². The number of rotatable bonds is 8. The number of anilines is 1. The number of thioether (sulfide) groups is 1. The van der Waals surface area contributed by atoms with Crippen LogP contribution in [-0.4, -0.2) is 47.4 Å². The highest BCUT2D eigenvalue weighted by molar-refractivity contribution is 8.00. The molecule has 0 atom stereocenters. The number of sulfonamides is 1. The average molecular weight is 491 g/mol. The first-order valence-electron chi connectivity index (χ1n) is 10.7. The fraction of sp³-hybridized carbons (Fsp3) is 0.409. The maximum Gasteiger partial charge on any atom is 0.243 e. The molecule has 10 heteroatoms. The number of nitrogens with zero attached hydrogens (tertiary/aromatic N) is 3. The van der Waals surface area contributed by atoms with Gasteiger partial charge in [0.15, 0.2) is 0 Å². The van der Waals surface area contributed by atoms with Crippen LogP contribution in [0.5, 0.6) is 0 Å². The lowest BCUT2D eigenvalue weighted by molar-refractivity contribution is -0.113. The van der Waals surface area contributed by atoms with Crippen molar-refractivity contribution in [2.75, 3.05) is 24.2 Å². The van der Waals surface area contributed by atoms with Crippen molar-refractivity contribution in [2.45, 2.75) is 49.5 Å². The number of carbonyl (C=O) groups excluding carboxylic acids is 1. The van der Waals surface area contributed by atoms with Crippen LogP contribution in [0.25, 0.3) is 10.2 Å². The molecule has 170 valence electrons. The van der Waals surface area contributed by atoms with E-state index in [-0.39, 0.29) is 16.6 Å². The maximum absolute atomic E-state index is 12.6. The first-order chi connectivity index (χ1) is 15.4. The van der Waals surface area contributed by atoms with Crippen molar-refractivity contribution in [1.82, 2.24) is 14.3 Å². The summed E-state index contributed by atoms with van der Waals surface area (Å²) in [5, 5.41) is 4.80. The van der Waals surface area contributed by atoms with E-state index in [1.54, 1.807) is 29.8 Å². The van der Waals surface area contributed by atoms with Crippen LogP contribution >= 0.6 is 23.1 Å². The van der Waals surface area contributed by atoms with Gasteiger partial charge in [0.25, 0.3) is 0 Å². The summed E-state index contributed by atoms with van der Waals surface area (Å²) in [6.07, 6.45) is 6.11. The minimum absolute atomic E-state index is 0.162. The van der Waals surface area contributed by atoms with E-state index in [0.717, 1.165) is 28.1 Å². The van der Waals surface area contributed by atoms with Gasteiger partial charge in [-0.1, -0.05) is 25.6 Å². The fourth-order valence-electron chi connectivity index (χ4n) is 3.92. The van der Waals surface area contributed by atoms with Crippen molar-refractivity contribution in [3.63, 3.8) is 0 Å². The van der Waals surface area contributed by atoms with Gasteiger partial charge in [-0.25, -0.2) is 18.4 Å². The summed E-state index contributed by atoms with van der Waals surface area (Å²) >= 11 is 3.15. The van der Waals surface area contributed by atoms with E-state index in [1.165, 1.54) is 51.5 Å². The van der Waals surface area contributed by atoms with Crippen LogP contribution < -0.4 is 5.32 Å². The van der Waals surface area contributed by atoms with Gasteiger partial charge in [0, 0.05) is 29.0 Å². The number of aryl methyl sites for hydroxylation is 2. The number of fused-ring (bicyclic) bond motifs is 3. The Balaban J connectivity index is 1.42. The summed E-state index contributed by atoms with van der Waals surface area (Å²) in [7, 11) is -3.51. The maximum atomic E-state index is 12.6. The molecule has 3 aromatic rings. The smallest absolute Gasteiger partial charge is 0.243 e. The summed E-state index contributed by atoms with van der Waals surface area (Å²) in [5.74, 6) is 0.0566. The number of hydrogen-bond donors (Lipinski definition) is 1. The first-order valence-corrected chi connectivity index (χ1v) is 14.0. The SMILES string of the molecule is CCN(CC)S(=O)(=O)c1ccc(NC(=O)CSc2ncnc3sc4c(c23)CCCC4)cc1. The summed E-state index contributed by atoms with van der Waals surface area (Å²) < 4.78 is 26.6. The Morgan fingerprint density at radius 2 is 1.84 bits per heavy atom. The molecular weight excluding hydrogens is 464 g/mol. The first kappa shape index (κ1) is 23.2. The molecule has 0 saturated carbocycles. The zero-order valence-corrected chi connectivity index (χ0v) is 20.6. The Morgan fingerprint density at radius 3 is 2.56 bits per heavy atom. The third kappa shape index (κ3) is 4.68. The van der Waals surface area contributed by atoms with Gasteiger partial charge in [-0.15, -0.1) is 11.3 Å². The Morgan fingerprint density at radius 1 is 1.12 bits per heavy atom. The Bertz CT molecular complexity index is 1220. The number of carbonyl (C=O) groups is 1. The molecule has 1 aromatic carbocycles. The molecule has 1 N–H and O–H groups in total. The molecule has 2 heterocycles. The summed E-state index contributed by atoms with van der Waals surface area (Å²) in [6, 6.07) is 6.30. The highest BCUT2D eigenvalue weighted by Gasteiger charge is 2.22. The predicted octanol–water partition coefficient (Wildman–Crippen LogP) is 4.33. The molecule has 7 nitrogen and oxygen atoms in total. The molecule has 2 aromatic heterocycles. The largest absolute Gasteiger partial charge is 0.325 e. The van der Waals surface area contributed by atoms with E-state index in [1.807, 2.05) is 13.8 Å². The summed E-state index contributed by atoms with van der Waals surface area (Å²) in [6.45, 7) is 4.45. The third-order valence-corrected chi connectivity index (χ3v) is 9.79. The molecule has 0 unspecified atom stereocenters. The number of hydrogen-bond acceptors (Lipinski definition) is 7. The molecule has 32 heavy (non-hydrogen) atoms. The lowest BCUT2D eigenvalue weighted by Gasteiger charge is -2.18. The van der Waals surface area contributed by atoms with Crippen molar-refractivity contribution >= 4 is 54.9 Å². The molecule has 0 fully saturated rings. The van der Waals surface area contributed by atoms with Gasteiger partial charge >= 0.3 is 0 Å². The number of aromatic nitrogens is 2. The molecular formula is C22H26N4O3S3. The summed E-state index contributed by atoms with van der Waals surface area (Å²) in [4.78, 5) is 24.0. The van der Waals surface area contributed by atoms with Crippen LogP contribution in [0.1, 0.15) is 37.1 Å². The lowest BCUT2D eigenvalue weighted by Crippen LogP contribution is -2.30. The second-order valence-electron chi connectivity index (χ2n) is 7.52. The van der Waals surface area contributed by atoms with E-state index in [9.17, 15) is 13.2 Å². The quantitative estimate of drug-likeness (QED) is 0.373. The van der Waals surface area contributed by atoms with Gasteiger partial charge in [0.05, 0.1) is 10.6 Å². The van der Waals surface area contributed by atoms with Gasteiger partial charge in [-0.05, 0) is 55.5 Å². The van der Waals surface area contributed by atoms with Crippen molar-refractivity contribution in [3.8, 4) is 0 Å². The van der Waals surface area contributed by atoms with E-state index in [4.69, 9.17) is 0 Å². The van der Waals surface area contributed by atoms with Crippen molar-refractivity contribution in [1.29, 1.82) is 0 Å². The second-order valence-corrected chi connectivity index (χ2v) is 11.5. The molecule has 1 aliphatic rings. The predicted molar refractivity (Wildman–Crippen MR) is 130 cm³/mol. The lowest BCUT2D eigenvalue weighted by atomic mass is 9.97. The van der Waals surface area contributed by atoms with Crippen LogP contribution in [-0.2, 0) is 27.7 Å². The minimum atomic E-state index is -3.51. The fourth-order valence-corrected chi connectivity index (χ4v) is 7.50. The molecule has 0 aliphatic heterocycles. The van der Waals surface area contributed by atoms with Crippen LogP contribution in [0.15, 0.2) is 40.5 Å². The zero-order valence-electron chi connectivity index (χ0n) is 18.1. The highest BCUT2D eigenvalue weighted by Crippen LogP contribution is 2.39. The average Bonchev–Trinajstić information content (AvgIpc) is 3.18. The number of amides is 1. The highest BCUT2D eigenvalue weighted by atomic mass is 32.2. The van der Waals surface area contributed by atoms with Gasteiger partial charge in [-0.3, -0.25) is 4.79 Å². The van der Waals surface area contributed by atoms with Crippen molar-refractivity contribution in [3.05, 3.63) is 41.0 Å². The Labute approximate surface area is 196 Å². The van der Waals surface area contributed by atoms with E-state index < -0.39 is 10.0 Å². The van der Waals surface area contributed by atoms with Crippen molar-refractivity contribution < 1.29 is 13.2 Å². The number of thiophene rings is 1. The molecule has 0 radical (unpaired) electrons. The van der Waals surface area contributed by atoms with Crippen molar-refractivity contribution in [2.24, 2.45) is 0 Å². The van der Waals surface area contributed by atoms with E-state index >= 15 is 0 Å². The molecule has 1 aliphatic carbocycles. The van der Waals surface area contributed by atoms with E-state index in [2.05, 4.69) is 15.3 Å². The standard InChI is InChI=1S/C22H26N4O3S3/c1-3-26(4-2)32(28,29)16-11-9-15(10-12-16)25-19(27)13-30-21-20-17-7-5-6-8-18(17)31-22(20)24-14-23-21/h9-12,14H,3-8,13H2,1-2H3,(H,25,27). The van der Waals surface area contributed by atoms with E-state index in [0.29, 0.717) is 18.8 Å². The summed E-state index contributed by atoms with van der Waals surface area (Å²) in [5.41, 5.74) is 1.92. The Hall–Kier alpha value is -2.01. The molecule has 4 rings (SSSR count). The second kappa shape index (κ2) is 9.86. The van der Waals surface area contributed by atoms with Crippen LogP contribution in [0.2, 0.25) is 0 Å². The molecule has 0 bridgehead atoms. The third-order valence-electron chi connectivity index (χ3n) is 5.54. The molecule has 0 saturated heterocycles.